The summed E-state index contributed by atoms with van der Waals surface area (Å²) in [6.45, 7) is 2.69. The van der Waals surface area contributed by atoms with E-state index in [9.17, 15) is 0 Å². The molecule has 1 aliphatic rings. The zero-order valence-corrected chi connectivity index (χ0v) is 7.17. The molecular formula is C4H10NO2PS. The Balaban J connectivity index is 2.45. The lowest BCUT2D eigenvalue weighted by Crippen LogP contribution is -2.18. The minimum absolute atomic E-state index is 0.343. The Morgan fingerprint density at radius 2 is 2.56 bits per heavy atom. The summed E-state index contributed by atoms with van der Waals surface area (Å²) < 4.78 is 10.2. The molecule has 0 bridgehead atoms. The van der Waals surface area contributed by atoms with Gasteiger partial charge < -0.3 is 12.2 Å². The van der Waals surface area contributed by atoms with Gasteiger partial charge in [0.1, 0.15) is 6.61 Å². The maximum absolute atomic E-state index is 5.19. The topological polar surface area (TPSA) is 30.5 Å². The molecule has 1 N–H and O–H groups in total. The molecule has 0 aromatic rings. The number of hydrogen-bond donors (Lipinski definition) is 1. The molecule has 0 radical (unpaired) electrons. The highest BCUT2D eigenvalue weighted by molar-refractivity contribution is 8.37. The molecule has 0 spiro atoms. The van der Waals surface area contributed by atoms with Crippen molar-refractivity contribution >= 4 is 19.3 Å². The molecule has 0 amide bonds. The summed E-state index contributed by atoms with van der Waals surface area (Å²) in [5.74, 6) is 0. The van der Waals surface area contributed by atoms with E-state index in [1.54, 1.807) is 7.11 Å². The molecule has 1 fully saturated rings. The van der Waals surface area contributed by atoms with Crippen LogP contribution in [0.2, 0.25) is 0 Å². The molecule has 2 atom stereocenters. The van der Waals surface area contributed by atoms with Crippen LogP contribution in [0.15, 0.2) is 0 Å². The molecule has 9 heavy (non-hydrogen) atoms. The van der Waals surface area contributed by atoms with E-state index in [-0.39, 0.29) is 0 Å². The third-order valence-electron chi connectivity index (χ3n) is 1.11. The third kappa shape index (κ3) is 1.79. The summed E-state index contributed by atoms with van der Waals surface area (Å²) in [5, 5.41) is 3.06. The van der Waals surface area contributed by atoms with Crippen molar-refractivity contribution in [2.24, 2.45) is 0 Å². The van der Waals surface area contributed by atoms with Crippen molar-refractivity contribution in [3.8, 4) is 0 Å². The number of hydrogen-bond acceptors (Lipinski definition) is 4. The summed E-state index contributed by atoms with van der Waals surface area (Å²) >= 11 is 5.00. The van der Waals surface area contributed by atoms with Crippen molar-refractivity contribution < 1.29 is 9.05 Å². The van der Waals surface area contributed by atoms with E-state index in [2.05, 4.69) is 5.09 Å². The highest BCUT2D eigenvalue weighted by Gasteiger charge is 2.35. The molecule has 1 heterocycles. The summed E-state index contributed by atoms with van der Waals surface area (Å²) in [5.41, 5.74) is 0. The minimum atomic E-state index is -2.02. The summed E-state index contributed by atoms with van der Waals surface area (Å²) in [6, 6.07) is 0.343. The maximum Gasteiger partial charge on any atom is 0.228 e. The number of rotatable bonds is 1. The van der Waals surface area contributed by atoms with Gasteiger partial charge in [-0.1, -0.05) is 0 Å². The minimum Gasteiger partial charge on any atom is -0.472 e. The Morgan fingerprint density at radius 1 is 1.89 bits per heavy atom. The highest BCUT2D eigenvalue weighted by Crippen LogP contribution is 2.57. The van der Waals surface area contributed by atoms with E-state index in [4.69, 9.17) is 21.3 Å². The van der Waals surface area contributed by atoms with Crippen LogP contribution in [-0.2, 0) is 21.3 Å². The van der Waals surface area contributed by atoms with Gasteiger partial charge in [0, 0.05) is 0 Å². The Kier molecular flexibility index (Phi) is 2.35. The average Bonchev–Trinajstić information content (AvgIpc) is 2.13. The monoisotopic (exact) mass is 167 g/mol. The van der Waals surface area contributed by atoms with Gasteiger partial charge in [0.25, 0.3) is 0 Å². The fourth-order valence-corrected chi connectivity index (χ4v) is 2.70. The van der Waals surface area contributed by atoms with Crippen LogP contribution in [0.25, 0.3) is 0 Å². The lowest BCUT2D eigenvalue weighted by atomic mass is 10.4. The lowest BCUT2D eigenvalue weighted by Gasteiger charge is -2.19. The first-order valence-electron chi connectivity index (χ1n) is 2.74. The quantitative estimate of drug-likeness (QED) is 0.463. The van der Waals surface area contributed by atoms with E-state index in [0.29, 0.717) is 12.6 Å². The first-order chi connectivity index (χ1) is 4.16. The first-order valence-corrected chi connectivity index (χ1v) is 5.38. The normalized spacial score (nSPS) is 43.7. The van der Waals surface area contributed by atoms with Gasteiger partial charge in [-0.3, -0.25) is 0 Å². The maximum atomic E-state index is 5.19. The second-order valence-electron chi connectivity index (χ2n) is 2.01. The van der Waals surface area contributed by atoms with Crippen molar-refractivity contribution in [1.29, 1.82) is 0 Å². The van der Waals surface area contributed by atoms with Gasteiger partial charge in [-0.15, -0.1) is 0 Å². The van der Waals surface area contributed by atoms with Gasteiger partial charge in [-0.05, 0) is 6.92 Å². The molecule has 5 heteroatoms. The second kappa shape index (κ2) is 2.72. The molecule has 3 nitrogen and oxygen atoms in total. The fourth-order valence-electron chi connectivity index (χ4n) is 0.660. The van der Waals surface area contributed by atoms with Crippen LogP contribution in [-0.4, -0.2) is 19.8 Å². The van der Waals surface area contributed by atoms with E-state index >= 15 is 0 Å². The molecule has 0 aromatic heterocycles. The summed E-state index contributed by atoms with van der Waals surface area (Å²) in [6.07, 6.45) is 0. The van der Waals surface area contributed by atoms with Crippen molar-refractivity contribution in [3.63, 3.8) is 0 Å². The van der Waals surface area contributed by atoms with Gasteiger partial charge in [0.2, 0.25) is 7.07 Å². The first kappa shape index (κ1) is 7.76. The van der Waals surface area contributed by atoms with Gasteiger partial charge in [-0.25, -0.2) is 9.05 Å². The molecular weight excluding hydrogens is 157 g/mol. The molecule has 54 valence electrons. The van der Waals surface area contributed by atoms with E-state index < -0.39 is 7.07 Å². The fraction of sp³-hybridized carbons (Fsp3) is 1.00. The Bertz CT molecular complexity index is 115. The molecule has 0 aliphatic carbocycles. The predicted octanol–water partition coefficient (Wildman–Crippen LogP) is 0.866. The summed E-state index contributed by atoms with van der Waals surface area (Å²) in [7, 11) is -0.449. The zero-order valence-electron chi connectivity index (χ0n) is 5.46. The van der Waals surface area contributed by atoms with Gasteiger partial charge in [0.05, 0.1) is 13.2 Å². The van der Waals surface area contributed by atoms with Crippen LogP contribution in [0, 0.1) is 0 Å². The van der Waals surface area contributed by atoms with Crippen LogP contribution >= 0.6 is 7.07 Å². The smallest absolute Gasteiger partial charge is 0.228 e. The van der Waals surface area contributed by atoms with Gasteiger partial charge >= 0.3 is 0 Å². The standard InChI is InChI=1S/C4H10NO2PS/c1-4-3-7-8(9,5-4)6-2/h4H,3H2,1-2H3,(H,5,9)/t4-,8?/m0/s1. The molecule has 1 aliphatic heterocycles. The largest absolute Gasteiger partial charge is 0.472 e. The van der Waals surface area contributed by atoms with Crippen molar-refractivity contribution in [2.45, 2.75) is 13.0 Å². The molecule has 1 saturated heterocycles. The predicted molar refractivity (Wildman–Crippen MR) is 39.8 cm³/mol. The van der Waals surface area contributed by atoms with Crippen LogP contribution in [0.4, 0.5) is 0 Å². The van der Waals surface area contributed by atoms with Gasteiger partial charge in [0.15, 0.2) is 0 Å². The SMILES string of the molecule is CO[P+]1([S-])N[C@@H](C)CO1. The average molecular weight is 167 g/mol. The van der Waals surface area contributed by atoms with Gasteiger partial charge in [-0.2, -0.15) is 5.09 Å². The van der Waals surface area contributed by atoms with Crippen LogP contribution in [0.5, 0.6) is 0 Å². The van der Waals surface area contributed by atoms with Crippen molar-refractivity contribution in [1.82, 2.24) is 5.09 Å². The Morgan fingerprint density at radius 3 is 2.78 bits per heavy atom. The van der Waals surface area contributed by atoms with Crippen molar-refractivity contribution in [3.05, 3.63) is 0 Å². The Labute approximate surface area is 60.8 Å². The Hall–Kier alpha value is 0.660. The molecule has 1 rings (SSSR count). The number of nitrogens with one attached hydrogen (secondary N) is 1. The third-order valence-corrected chi connectivity index (χ3v) is 3.92. The zero-order chi connectivity index (χ0) is 6.91. The second-order valence-corrected chi connectivity index (χ2v) is 5.32. The molecule has 1 unspecified atom stereocenters. The van der Waals surface area contributed by atoms with E-state index in [0.717, 1.165) is 0 Å². The molecule has 0 aromatic carbocycles. The van der Waals surface area contributed by atoms with Crippen LogP contribution in [0.1, 0.15) is 6.92 Å². The van der Waals surface area contributed by atoms with Crippen molar-refractivity contribution in [2.75, 3.05) is 13.7 Å². The molecule has 0 saturated carbocycles. The van der Waals surface area contributed by atoms with E-state index in [1.165, 1.54) is 0 Å². The lowest BCUT2D eigenvalue weighted by molar-refractivity contribution is 0.306. The summed E-state index contributed by atoms with van der Waals surface area (Å²) in [4.78, 5) is 0. The van der Waals surface area contributed by atoms with E-state index in [1.807, 2.05) is 6.92 Å². The van der Waals surface area contributed by atoms with Crippen LogP contribution < -0.4 is 5.09 Å². The highest BCUT2D eigenvalue weighted by atomic mass is 32.7. The van der Waals surface area contributed by atoms with Crippen LogP contribution in [0.3, 0.4) is 0 Å².